The van der Waals surface area contributed by atoms with E-state index in [0.29, 0.717) is 0 Å². The molecule has 0 bridgehead atoms. The van der Waals surface area contributed by atoms with Crippen molar-refractivity contribution in [2.24, 2.45) is 0 Å². The molecule has 250 valence electrons. The van der Waals surface area contributed by atoms with Gasteiger partial charge in [0.1, 0.15) is 0 Å². The monoisotopic (exact) mass is 712 g/mol. The zero-order chi connectivity index (χ0) is 34.9. The van der Waals surface area contributed by atoms with Crippen LogP contribution in [0.2, 0.25) is 0 Å². The molecule has 0 radical (unpaired) electrons. The standard InChI is InChI=1S/C49H32N2S2/c1-3-11-34(12-4-1)50(35-13-5-2-6-14-35)37-20-19-32-27-33-28-36(21-24-40(33)44(32)29-37)51(38-23-26-48-45(30-38)42-16-8-10-18-47(42)52-48)39-22-25-43-41-15-7-9-17-46(41)53-49(43)31-39/h1-26,28-31H,27H2. The lowest BCUT2D eigenvalue weighted by atomic mass is 10.0. The fourth-order valence-electron chi connectivity index (χ4n) is 8.20. The summed E-state index contributed by atoms with van der Waals surface area (Å²) < 4.78 is 5.27. The van der Waals surface area contributed by atoms with Crippen LogP contribution in [-0.4, -0.2) is 0 Å². The van der Waals surface area contributed by atoms with Crippen LogP contribution < -0.4 is 9.80 Å². The molecule has 2 nitrogen and oxygen atoms in total. The van der Waals surface area contributed by atoms with Crippen molar-refractivity contribution in [1.82, 2.24) is 0 Å². The summed E-state index contributed by atoms with van der Waals surface area (Å²) in [7, 11) is 0. The number of anilines is 6. The summed E-state index contributed by atoms with van der Waals surface area (Å²) in [6, 6.07) is 66.9. The lowest BCUT2D eigenvalue weighted by Crippen LogP contribution is -2.10. The fraction of sp³-hybridized carbons (Fsp3) is 0.0204. The highest BCUT2D eigenvalue weighted by Crippen LogP contribution is 2.47. The predicted octanol–water partition coefficient (Wildman–Crippen LogP) is 14.9. The molecular weight excluding hydrogens is 681 g/mol. The molecule has 0 fully saturated rings. The Labute approximate surface area is 316 Å². The number of rotatable bonds is 6. The highest BCUT2D eigenvalue weighted by Gasteiger charge is 2.24. The summed E-state index contributed by atoms with van der Waals surface area (Å²) in [6.45, 7) is 0. The molecule has 1 aliphatic carbocycles. The number of hydrogen-bond donors (Lipinski definition) is 0. The van der Waals surface area contributed by atoms with Gasteiger partial charge in [0.05, 0.1) is 0 Å². The van der Waals surface area contributed by atoms with Gasteiger partial charge in [0.25, 0.3) is 0 Å². The molecule has 4 heteroatoms. The van der Waals surface area contributed by atoms with Crippen molar-refractivity contribution < 1.29 is 0 Å². The van der Waals surface area contributed by atoms with Gasteiger partial charge in [0.2, 0.25) is 0 Å². The molecule has 2 heterocycles. The van der Waals surface area contributed by atoms with Crippen molar-refractivity contribution in [3.05, 3.63) is 193 Å². The van der Waals surface area contributed by atoms with Gasteiger partial charge in [-0.15, -0.1) is 22.7 Å². The number of hydrogen-bond acceptors (Lipinski definition) is 4. The van der Waals surface area contributed by atoms with Gasteiger partial charge in [0.15, 0.2) is 0 Å². The Hall–Kier alpha value is -6.20. The van der Waals surface area contributed by atoms with Crippen molar-refractivity contribution in [2.45, 2.75) is 6.42 Å². The minimum absolute atomic E-state index is 0.910. The van der Waals surface area contributed by atoms with E-state index >= 15 is 0 Å². The van der Waals surface area contributed by atoms with E-state index in [2.05, 4.69) is 192 Å². The van der Waals surface area contributed by atoms with Gasteiger partial charge in [-0.1, -0.05) is 91.0 Å². The first-order valence-corrected chi connectivity index (χ1v) is 19.7. The maximum absolute atomic E-state index is 2.46. The molecule has 0 atom stereocenters. The third-order valence-electron chi connectivity index (χ3n) is 10.6. The van der Waals surface area contributed by atoms with Crippen LogP contribution in [0.1, 0.15) is 11.1 Å². The van der Waals surface area contributed by atoms with Crippen molar-refractivity contribution >= 4 is 97.1 Å². The van der Waals surface area contributed by atoms with E-state index in [1.165, 1.54) is 79.7 Å². The molecule has 1 aliphatic rings. The largest absolute Gasteiger partial charge is 0.310 e. The van der Waals surface area contributed by atoms with E-state index in [1.54, 1.807) is 0 Å². The number of nitrogens with zero attached hydrogens (tertiary/aromatic N) is 2. The van der Waals surface area contributed by atoms with Crippen molar-refractivity contribution in [2.75, 3.05) is 9.80 Å². The summed E-state index contributed by atoms with van der Waals surface area (Å²) in [5, 5.41) is 5.26. The molecular formula is C49H32N2S2. The Bertz CT molecular complexity index is 2960. The van der Waals surface area contributed by atoms with E-state index in [1.807, 2.05) is 22.7 Å². The first-order valence-electron chi connectivity index (χ1n) is 18.0. The van der Waals surface area contributed by atoms with Crippen LogP contribution in [0, 0.1) is 0 Å². The first-order chi connectivity index (χ1) is 26.2. The summed E-state index contributed by atoms with van der Waals surface area (Å²) >= 11 is 3.74. The predicted molar refractivity (Wildman–Crippen MR) is 230 cm³/mol. The van der Waals surface area contributed by atoms with E-state index < -0.39 is 0 Å². The molecule has 0 unspecified atom stereocenters. The van der Waals surface area contributed by atoms with Crippen LogP contribution in [0.3, 0.4) is 0 Å². The van der Waals surface area contributed by atoms with Gasteiger partial charge in [-0.25, -0.2) is 0 Å². The smallest absolute Gasteiger partial charge is 0.0476 e. The fourth-order valence-corrected chi connectivity index (χ4v) is 10.4. The molecule has 0 N–H and O–H groups in total. The normalized spacial score (nSPS) is 12.1. The van der Waals surface area contributed by atoms with Gasteiger partial charge in [-0.2, -0.15) is 0 Å². The highest BCUT2D eigenvalue weighted by molar-refractivity contribution is 7.26. The minimum atomic E-state index is 0.910. The average molecular weight is 713 g/mol. The Morgan fingerprint density at radius 3 is 1.57 bits per heavy atom. The second kappa shape index (κ2) is 12.2. The Morgan fingerprint density at radius 1 is 0.302 bits per heavy atom. The van der Waals surface area contributed by atoms with Crippen LogP contribution in [0.15, 0.2) is 182 Å². The van der Waals surface area contributed by atoms with Crippen LogP contribution >= 0.6 is 22.7 Å². The minimum Gasteiger partial charge on any atom is -0.310 e. The first kappa shape index (κ1) is 30.4. The van der Waals surface area contributed by atoms with Crippen LogP contribution in [0.5, 0.6) is 0 Å². The Morgan fingerprint density at radius 2 is 0.811 bits per heavy atom. The SMILES string of the molecule is c1ccc(N(c2ccccc2)c2ccc3c(c2)-c2ccc(N(c4ccc5c(c4)sc4ccccc45)c4ccc5sc6ccccc6c5c4)cc2C3)cc1. The average Bonchev–Trinajstić information content (AvgIpc) is 3.89. The molecule has 2 aromatic heterocycles. The van der Waals surface area contributed by atoms with Gasteiger partial charge >= 0.3 is 0 Å². The Balaban J connectivity index is 1.05. The van der Waals surface area contributed by atoms with E-state index in [9.17, 15) is 0 Å². The quantitative estimate of drug-likeness (QED) is 0.169. The molecule has 10 aromatic rings. The maximum atomic E-state index is 2.46. The van der Waals surface area contributed by atoms with E-state index in [4.69, 9.17) is 0 Å². The van der Waals surface area contributed by atoms with Crippen LogP contribution in [0.25, 0.3) is 51.5 Å². The van der Waals surface area contributed by atoms with Crippen LogP contribution in [0.4, 0.5) is 34.1 Å². The van der Waals surface area contributed by atoms with E-state index in [-0.39, 0.29) is 0 Å². The number of para-hydroxylation sites is 2. The van der Waals surface area contributed by atoms with Crippen molar-refractivity contribution in [1.29, 1.82) is 0 Å². The lowest BCUT2D eigenvalue weighted by Gasteiger charge is -2.26. The number of thiophene rings is 2. The topological polar surface area (TPSA) is 6.48 Å². The molecule has 53 heavy (non-hydrogen) atoms. The van der Waals surface area contributed by atoms with Gasteiger partial charge in [-0.05, 0) is 120 Å². The third-order valence-corrected chi connectivity index (χ3v) is 12.9. The lowest BCUT2D eigenvalue weighted by molar-refractivity contribution is 1.23. The summed E-state index contributed by atoms with van der Waals surface area (Å²) in [6.07, 6.45) is 0.910. The second-order valence-corrected chi connectivity index (χ2v) is 15.9. The molecule has 11 rings (SSSR count). The van der Waals surface area contributed by atoms with Gasteiger partial charge in [0, 0.05) is 74.5 Å². The van der Waals surface area contributed by atoms with Crippen LogP contribution in [-0.2, 0) is 6.42 Å². The van der Waals surface area contributed by atoms with Crippen molar-refractivity contribution in [3.8, 4) is 11.1 Å². The molecule has 0 spiro atoms. The van der Waals surface area contributed by atoms with Crippen molar-refractivity contribution in [3.63, 3.8) is 0 Å². The maximum Gasteiger partial charge on any atom is 0.0476 e. The molecule has 8 aromatic carbocycles. The summed E-state index contributed by atoms with van der Waals surface area (Å²) in [5.74, 6) is 0. The van der Waals surface area contributed by atoms with Gasteiger partial charge < -0.3 is 9.80 Å². The Kier molecular flexibility index (Phi) is 7.00. The van der Waals surface area contributed by atoms with E-state index in [0.717, 1.165) is 23.5 Å². The molecule has 0 saturated carbocycles. The molecule has 0 saturated heterocycles. The zero-order valence-electron chi connectivity index (χ0n) is 28.7. The number of fused-ring (bicyclic) bond motifs is 9. The summed E-state index contributed by atoms with van der Waals surface area (Å²) in [5.41, 5.74) is 12.3. The molecule has 0 aliphatic heterocycles. The molecule has 0 amide bonds. The van der Waals surface area contributed by atoms with Gasteiger partial charge in [-0.3, -0.25) is 0 Å². The second-order valence-electron chi connectivity index (χ2n) is 13.8. The zero-order valence-corrected chi connectivity index (χ0v) is 30.4. The number of benzene rings is 8. The third kappa shape index (κ3) is 5.06. The summed E-state index contributed by atoms with van der Waals surface area (Å²) in [4.78, 5) is 4.81. The highest BCUT2D eigenvalue weighted by atomic mass is 32.1.